The summed E-state index contributed by atoms with van der Waals surface area (Å²) in [5.74, 6) is 1.55. The fraction of sp³-hybridized carbons (Fsp3) is 0.125. The number of aromatic nitrogens is 2. The van der Waals surface area contributed by atoms with E-state index >= 15 is 0 Å². The van der Waals surface area contributed by atoms with Gasteiger partial charge < -0.3 is 9.26 Å². The largest absolute Gasteiger partial charge is 0.496 e. The second kappa shape index (κ2) is 5.58. The zero-order valence-corrected chi connectivity index (χ0v) is 12.4. The summed E-state index contributed by atoms with van der Waals surface area (Å²) in [5.41, 5.74) is 2.76. The van der Waals surface area contributed by atoms with E-state index < -0.39 is 0 Å². The fourth-order valence-corrected chi connectivity index (χ4v) is 2.17. The van der Waals surface area contributed by atoms with Crippen molar-refractivity contribution < 1.29 is 9.26 Å². The topological polar surface area (TPSA) is 48.2 Å². The molecule has 1 aromatic heterocycles. The maximum atomic E-state index is 6.02. The third kappa shape index (κ3) is 2.76. The normalized spacial score (nSPS) is 10.6. The zero-order chi connectivity index (χ0) is 14.8. The number of aryl methyl sites for hydroxylation is 1. The number of ether oxygens (including phenoxy) is 1. The first kappa shape index (κ1) is 13.6. The van der Waals surface area contributed by atoms with Crippen LogP contribution in [0.1, 0.15) is 5.56 Å². The summed E-state index contributed by atoms with van der Waals surface area (Å²) >= 11 is 6.02. The first-order valence-electron chi connectivity index (χ1n) is 6.42. The van der Waals surface area contributed by atoms with Crippen LogP contribution in [0.5, 0.6) is 5.75 Å². The molecule has 0 fully saturated rings. The molecule has 0 unspecified atom stereocenters. The quantitative estimate of drug-likeness (QED) is 0.720. The van der Waals surface area contributed by atoms with Gasteiger partial charge in [0.25, 0.3) is 5.89 Å². The average Bonchev–Trinajstić information content (AvgIpc) is 2.97. The number of halogens is 1. The molecule has 2 aromatic carbocycles. The molecular formula is C16H13ClN2O2. The summed E-state index contributed by atoms with van der Waals surface area (Å²) in [4.78, 5) is 4.41. The molecule has 4 nitrogen and oxygen atoms in total. The molecule has 0 atom stereocenters. The molecule has 106 valence electrons. The highest BCUT2D eigenvalue weighted by Crippen LogP contribution is 2.32. The van der Waals surface area contributed by atoms with Crippen molar-refractivity contribution in [3.8, 4) is 28.6 Å². The van der Waals surface area contributed by atoms with Crippen LogP contribution in [0.4, 0.5) is 0 Å². The van der Waals surface area contributed by atoms with Gasteiger partial charge in [0, 0.05) is 10.6 Å². The average molecular weight is 301 g/mol. The van der Waals surface area contributed by atoms with Crippen LogP contribution in [0, 0.1) is 6.92 Å². The van der Waals surface area contributed by atoms with Crippen molar-refractivity contribution in [3.63, 3.8) is 0 Å². The number of methoxy groups -OCH3 is 1. The van der Waals surface area contributed by atoms with E-state index in [1.807, 2.05) is 31.2 Å². The zero-order valence-electron chi connectivity index (χ0n) is 11.6. The molecule has 3 rings (SSSR count). The lowest BCUT2D eigenvalue weighted by atomic mass is 10.1. The van der Waals surface area contributed by atoms with Crippen molar-refractivity contribution in [2.24, 2.45) is 0 Å². The van der Waals surface area contributed by atoms with Gasteiger partial charge in [-0.2, -0.15) is 4.98 Å². The van der Waals surface area contributed by atoms with Crippen molar-refractivity contribution in [1.29, 1.82) is 0 Å². The van der Waals surface area contributed by atoms with Gasteiger partial charge in [0.1, 0.15) is 5.75 Å². The second-order valence-electron chi connectivity index (χ2n) is 4.63. The lowest BCUT2D eigenvalue weighted by molar-refractivity contribution is 0.405. The molecule has 0 aliphatic rings. The lowest BCUT2D eigenvalue weighted by Gasteiger charge is -2.04. The molecule has 0 saturated heterocycles. The number of rotatable bonds is 3. The third-order valence-electron chi connectivity index (χ3n) is 3.13. The molecule has 1 heterocycles. The van der Waals surface area contributed by atoms with Crippen LogP contribution in [0.3, 0.4) is 0 Å². The standard InChI is InChI=1S/C16H13ClN2O2/c1-10-3-5-11(6-4-10)15-18-16(21-19-15)13-9-12(17)7-8-14(13)20-2/h3-9H,1-2H3. The molecule has 0 bridgehead atoms. The monoisotopic (exact) mass is 300 g/mol. The highest BCUT2D eigenvalue weighted by molar-refractivity contribution is 6.30. The van der Waals surface area contributed by atoms with Crippen molar-refractivity contribution in [2.75, 3.05) is 7.11 Å². The predicted octanol–water partition coefficient (Wildman–Crippen LogP) is 4.37. The minimum atomic E-state index is 0.380. The molecule has 0 saturated carbocycles. The van der Waals surface area contributed by atoms with E-state index in [0.717, 1.165) is 5.56 Å². The smallest absolute Gasteiger partial charge is 0.262 e. The Hall–Kier alpha value is -2.33. The van der Waals surface area contributed by atoms with Crippen molar-refractivity contribution in [3.05, 3.63) is 53.1 Å². The maximum absolute atomic E-state index is 6.02. The van der Waals surface area contributed by atoms with Crippen LogP contribution < -0.4 is 4.74 Å². The van der Waals surface area contributed by atoms with Crippen molar-refractivity contribution in [2.45, 2.75) is 6.92 Å². The molecular weight excluding hydrogens is 288 g/mol. The molecule has 0 aliphatic heterocycles. The molecule has 5 heteroatoms. The Balaban J connectivity index is 2.02. The van der Waals surface area contributed by atoms with Gasteiger partial charge in [0.2, 0.25) is 5.82 Å². The van der Waals surface area contributed by atoms with Gasteiger partial charge in [-0.25, -0.2) is 0 Å². The Morgan fingerprint density at radius 1 is 1.10 bits per heavy atom. The van der Waals surface area contributed by atoms with Crippen LogP contribution in [0.15, 0.2) is 47.0 Å². The summed E-state index contributed by atoms with van der Waals surface area (Å²) in [6.07, 6.45) is 0. The van der Waals surface area contributed by atoms with Gasteiger partial charge in [-0.1, -0.05) is 46.6 Å². The Labute approximate surface area is 127 Å². The van der Waals surface area contributed by atoms with E-state index in [9.17, 15) is 0 Å². The van der Waals surface area contributed by atoms with Crippen LogP contribution in [0.2, 0.25) is 5.02 Å². The molecule has 3 aromatic rings. The van der Waals surface area contributed by atoms with Crippen LogP contribution in [-0.4, -0.2) is 17.3 Å². The Morgan fingerprint density at radius 2 is 1.86 bits per heavy atom. The number of hydrogen-bond donors (Lipinski definition) is 0. The molecule has 0 N–H and O–H groups in total. The van der Waals surface area contributed by atoms with Gasteiger partial charge in [-0.3, -0.25) is 0 Å². The van der Waals surface area contributed by atoms with Crippen molar-refractivity contribution >= 4 is 11.6 Å². The molecule has 21 heavy (non-hydrogen) atoms. The van der Waals surface area contributed by atoms with E-state index in [-0.39, 0.29) is 0 Å². The van der Waals surface area contributed by atoms with E-state index in [0.29, 0.717) is 28.1 Å². The van der Waals surface area contributed by atoms with E-state index in [1.54, 1.807) is 25.3 Å². The first-order chi connectivity index (χ1) is 10.2. The first-order valence-corrected chi connectivity index (χ1v) is 6.80. The Kier molecular flexibility index (Phi) is 3.62. The maximum Gasteiger partial charge on any atom is 0.262 e. The highest BCUT2D eigenvalue weighted by Gasteiger charge is 2.15. The molecule has 0 amide bonds. The van der Waals surface area contributed by atoms with Gasteiger partial charge >= 0.3 is 0 Å². The Bertz CT molecular complexity index is 766. The minimum Gasteiger partial charge on any atom is -0.496 e. The summed E-state index contributed by atoms with van der Waals surface area (Å²) in [7, 11) is 1.59. The number of hydrogen-bond acceptors (Lipinski definition) is 4. The summed E-state index contributed by atoms with van der Waals surface area (Å²) in [6, 6.07) is 13.2. The molecule has 0 spiro atoms. The van der Waals surface area contributed by atoms with Crippen molar-refractivity contribution in [1.82, 2.24) is 10.1 Å². The molecule has 0 radical (unpaired) electrons. The number of nitrogens with zero attached hydrogens (tertiary/aromatic N) is 2. The molecule has 0 aliphatic carbocycles. The van der Waals surface area contributed by atoms with Gasteiger partial charge in [0.15, 0.2) is 0 Å². The van der Waals surface area contributed by atoms with Gasteiger partial charge in [-0.05, 0) is 25.1 Å². The summed E-state index contributed by atoms with van der Waals surface area (Å²) in [6.45, 7) is 2.03. The fourth-order valence-electron chi connectivity index (χ4n) is 2.00. The van der Waals surface area contributed by atoms with Crippen LogP contribution in [-0.2, 0) is 0 Å². The summed E-state index contributed by atoms with van der Waals surface area (Å²) < 4.78 is 10.6. The SMILES string of the molecule is COc1ccc(Cl)cc1-c1nc(-c2ccc(C)cc2)no1. The van der Waals surface area contributed by atoms with Gasteiger partial charge in [-0.15, -0.1) is 0 Å². The van der Waals surface area contributed by atoms with E-state index in [4.69, 9.17) is 20.9 Å². The summed E-state index contributed by atoms with van der Waals surface area (Å²) in [5, 5.41) is 4.60. The van der Waals surface area contributed by atoms with Crippen LogP contribution in [0.25, 0.3) is 22.8 Å². The predicted molar refractivity (Wildman–Crippen MR) is 81.5 cm³/mol. The lowest BCUT2D eigenvalue weighted by Crippen LogP contribution is -1.88. The van der Waals surface area contributed by atoms with Gasteiger partial charge in [0.05, 0.1) is 12.7 Å². The van der Waals surface area contributed by atoms with E-state index in [2.05, 4.69) is 10.1 Å². The minimum absolute atomic E-state index is 0.380. The number of benzene rings is 2. The van der Waals surface area contributed by atoms with E-state index in [1.165, 1.54) is 5.56 Å². The highest BCUT2D eigenvalue weighted by atomic mass is 35.5. The third-order valence-corrected chi connectivity index (χ3v) is 3.36. The Morgan fingerprint density at radius 3 is 2.57 bits per heavy atom. The second-order valence-corrected chi connectivity index (χ2v) is 5.07. The van der Waals surface area contributed by atoms with Crippen LogP contribution >= 0.6 is 11.6 Å².